The van der Waals surface area contributed by atoms with Crippen molar-refractivity contribution in [1.29, 1.82) is 0 Å². The monoisotopic (exact) mass is 523 g/mol. The Morgan fingerprint density at radius 1 is 1.17 bits per heavy atom. The van der Waals surface area contributed by atoms with Gasteiger partial charge in [0.25, 0.3) is 0 Å². The van der Waals surface area contributed by atoms with E-state index in [0.29, 0.717) is 32.5 Å². The molecule has 0 spiro atoms. The zero-order valence-corrected chi connectivity index (χ0v) is 21.0. The van der Waals surface area contributed by atoms with Crippen LogP contribution < -0.4 is 10.6 Å². The predicted octanol–water partition coefficient (Wildman–Crippen LogP) is 3.21. The van der Waals surface area contributed by atoms with Gasteiger partial charge < -0.3 is 10.6 Å². The molecule has 194 valence electrons. The van der Waals surface area contributed by atoms with Crippen molar-refractivity contribution < 1.29 is 21.6 Å². The molecule has 3 aromatic rings. The van der Waals surface area contributed by atoms with Crippen molar-refractivity contribution in [2.75, 3.05) is 31.7 Å². The van der Waals surface area contributed by atoms with Crippen LogP contribution in [0.25, 0.3) is 16.9 Å². The maximum Gasteiger partial charge on any atom is 0.419 e. The Kier molecular flexibility index (Phi) is 7.34. The number of sulfonamides is 1. The highest BCUT2D eigenvalue weighted by Gasteiger charge is 2.36. The lowest BCUT2D eigenvalue weighted by atomic mass is 10.1. The first-order chi connectivity index (χ1) is 17.0. The van der Waals surface area contributed by atoms with E-state index >= 15 is 0 Å². The standard InChI is InChI=1S/C23H28F3N7O2S/c1-15-10-16(11-27-2)4-5-20(15)33-14-17(12-29-33)21-19(23(24,25)26)13-28-22(31-21)30-18-6-8-32(9-7-18)36(3,34)35/h4-5,10,12-14,18,27H,6-9,11H2,1-3H3,(H,28,30,31). The number of benzene rings is 1. The summed E-state index contributed by atoms with van der Waals surface area (Å²) in [5, 5.41) is 10.4. The first kappa shape index (κ1) is 26.0. The number of hydrogen-bond donors (Lipinski definition) is 2. The summed E-state index contributed by atoms with van der Waals surface area (Å²) in [5.74, 6) is 0.0520. The Morgan fingerprint density at radius 2 is 1.89 bits per heavy atom. The topological polar surface area (TPSA) is 105 Å². The first-order valence-corrected chi connectivity index (χ1v) is 13.3. The van der Waals surface area contributed by atoms with Crippen LogP contribution in [0.4, 0.5) is 19.1 Å². The average Bonchev–Trinajstić information content (AvgIpc) is 3.28. The number of aryl methyl sites for hydroxylation is 1. The smallest absolute Gasteiger partial charge is 0.351 e. The van der Waals surface area contributed by atoms with Crippen molar-refractivity contribution in [2.45, 2.75) is 38.5 Å². The van der Waals surface area contributed by atoms with Crippen LogP contribution >= 0.6 is 0 Å². The van der Waals surface area contributed by atoms with Crippen LogP contribution in [0, 0.1) is 6.92 Å². The molecule has 1 aliphatic heterocycles. The van der Waals surface area contributed by atoms with Gasteiger partial charge >= 0.3 is 6.18 Å². The minimum atomic E-state index is -4.65. The van der Waals surface area contributed by atoms with Gasteiger partial charge in [-0.1, -0.05) is 12.1 Å². The van der Waals surface area contributed by atoms with Gasteiger partial charge in [0.2, 0.25) is 16.0 Å². The molecule has 2 N–H and O–H groups in total. The number of piperidine rings is 1. The quantitative estimate of drug-likeness (QED) is 0.490. The molecule has 4 rings (SSSR count). The molecule has 0 unspecified atom stereocenters. The number of aromatic nitrogens is 4. The number of nitrogens with zero attached hydrogens (tertiary/aromatic N) is 5. The van der Waals surface area contributed by atoms with Crippen molar-refractivity contribution in [3.8, 4) is 16.9 Å². The molecule has 36 heavy (non-hydrogen) atoms. The van der Waals surface area contributed by atoms with E-state index in [2.05, 4.69) is 25.7 Å². The lowest BCUT2D eigenvalue weighted by molar-refractivity contribution is -0.137. The fourth-order valence-corrected chi connectivity index (χ4v) is 5.13. The second-order valence-electron chi connectivity index (χ2n) is 8.86. The van der Waals surface area contributed by atoms with Crippen molar-refractivity contribution >= 4 is 16.0 Å². The molecule has 0 atom stereocenters. The van der Waals surface area contributed by atoms with Gasteiger partial charge in [-0.3, -0.25) is 0 Å². The third kappa shape index (κ3) is 5.85. The summed E-state index contributed by atoms with van der Waals surface area (Å²) >= 11 is 0. The maximum atomic E-state index is 13.8. The minimum absolute atomic E-state index is 0.0520. The molecule has 0 radical (unpaired) electrons. The highest BCUT2D eigenvalue weighted by Crippen LogP contribution is 2.36. The second kappa shape index (κ2) is 10.1. The van der Waals surface area contributed by atoms with E-state index in [1.807, 2.05) is 32.2 Å². The maximum absolute atomic E-state index is 13.8. The summed E-state index contributed by atoms with van der Waals surface area (Å²) in [6.07, 6.45) is 1.14. The van der Waals surface area contributed by atoms with Crippen LogP contribution in [0.1, 0.15) is 29.5 Å². The van der Waals surface area contributed by atoms with Gasteiger partial charge in [-0.2, -0.15) is 18.3 Å². The zero-order chi connectivity index (χ0) is 26.1. The Morgan fingerprint density at radius 3 is 2.50 bits per heavy atom. The lowest BCUT2D eigenvalue weighted by Gasteiger charge is -2.30. The highest BCUT2D eigenvalue weighted by atomic mass is 32.2. The third-order valence-corrected chi connectivity index (χ3v) is 7.40. The van der Waals surface area contributed by atoms with E-state index in [9.17, 15) is 21.6 Å². The Bertz CT molecular complexity index is 1330. The molecule has 1 aromatic carbocycles. The number of alkyl halides is 3. The second-order valence-corrected chi connectivity index (χ2v) is 10.8. The number of nitrogens with one attached hydrogen (secondary N) is 2. The van der Waals surface area contributed by atoms with Gasteiger partial charge in [0.05, 0.1) is 23.8 Å². The van der Waals surface area contributed by atoms with E-state index < -0.39 is 21.8 Å². The highest BCUT2D eigenvalue weighted by molar-refractivity contribution is 7.88. The molecule has 0 aliphatic carbocycles. The Hall–Kier alpha value is -3.03. The SMILES string of the molecule is CNCc1ccc(-n2cc(-c3nc(NC4CCN(S(C)(=O)=O)CC4)ncc3C(F)(F)F)cn2)c(C)c1. The van der Waals surface area contributed by atoms with Crippen LogP contribution in [-0.4, -0.2) is 64.9 Å². The van der Waals surface area contributed by atoms with E-state index in [1.165, 1.54) is 21.4 Å². The van der Waals surface area contributed by atoms with Crippen LogP contribution in [-0.2, 0) is 22.7 Å². The molecule has 1 aliphatic rings. The molecule has 9 nitrogen and oxygen atoms in total. The van der Waals surface area contributed by atoms with Crippen molar-refractivity contribution in [3.05, 3.63) is 53.5 Å². The predicted molar refractivity (Wildman–Crippen MR) is 130 cm³/mol. The third-order valence-electron chi connectivity index (χ3n) is 6.10. The van der Waals surface area contributed by atoms with Gasteiger partial charge in [0.1, 0.15) is 5.56 Å². The summed E-state index contributed by atoms with van der Waals surface area (Å²) in [7, 11) is -1.43. The summed E-state index contributed by atoms with van der Waals surface area (Å²) < 4.78 is 67.7. The van der Waals surface area contributed by atoms with Crippen molar-refractivity contribution in [1.82, 2.24) is 29.4 Å². The zero-order valence-electron chi connectivity index (χ0n) is 20.2. The van der Waals surface area contributed by atoms with E-state index in [1.54, 1.807) is 0 Å². The molecule has 13 heteroatoms. The number of anilines is 1. The van der Waals surface area contributed by atoms with Crippen LogP contribution in [0.2, 0.25) is 0 Å². The average molecular weight is 524 g/mol. The summed E-state index contributed by atoms with van der Waals surface area (Å²) in [6, 6.07) is 5.65. The summed E-state index contributed by atoms with van der Waals surface area (Å²) in [4.78, 5) is 8.10. The van der Waals surface area contributed by atoms with Crippen molar-refractivity contribution in [2.24, 2.45) is 0 Å². The molecule has 0 bridgehead atoms. The molecular weight excluding hydrogens is 495 g/mol. The van der Waals surface area contributed by atoms with Crippen LogP contribution in [0.5, 0.6) is 0 Å². The molecular formula is C23H28F3N7O2S. The van der Waals surface area contributed by atoms with Crippen LogP contribution in [0.15, 0.2) is 36.8 Å². The molecule has 2 aromatic heterocycles. The van der Waals surface area contributed by atoms with Gasteiger partial charge in [-0.05, 0) is 44.0 Å². The summed E-state index contributed by atoms with van der Waals surface area (Å²) in [6.45, 7) is 3.26. The summed E-state index contributed by atoms with van der Waals surface area (Å²) in [5.41, 5.74) is 1.74. The fourth-order valence-electron chi connectivity index (χ4n) is 4.26. The number of rotatable bonds is 7. The molecule has 1 saturated heterocycles. The fraction of sp³-hybridized carbons (Fsp3) is 0.435. The normalized spacial score (nSPS) is 15.8. The largest absolute Gasteiger partial charge is 0.419 e. The molecule has 0 amide bonds. The van der Waals surface area contributed by atoms with E-state index in [-0.39, 0.29) is 23.2 Å². The van der Waals surface area contributed by atoms with Gasteiger partial charge in [0, 0.05) is 43.6 Å². The van der Waals surface area contributed by atoms with Gasteiger partial charge in [0.15, 0.2) is 0 Å². The molecule has 0 saturated carbocycles. The molecule has 3 heterocycles. The Labute approximate surface area is 207 Å². The lowest BCUT2D eigenvalue weighted by Crippen LogP contribution is -2.42. The van der Waals surface area contributed by atoms with E-state index in [4.69, 9.17) is 0 Å². The van der Waals surface area contributed by atoms with Crippen LogP contribution in [0.3, 0.4) is 0 Å². The van der Waals surface area contributed by atoms with Crippen molar-refractivity contribution in [3.63, 3.8) is 0 Å². The number of hydrogen-bond acceptors (Lipinski definition) is 7. The minimum Gasteiger partial charge on any atom is -0.351 e. The van der Waals surface area contributed by atoms with E-state index in [0.717, 1.165) is 29.3 Å². The van der Waals surface area contributed by atoms with Gasteiger partial charge in [-0.15, -0.1) is 0 Å². The van der Waals surface area contributed by atoms with Gasteiger partial charge in [-0.25, -0.2) is 27.4 Å². The molecule has 1 fully saturated rings. The number of halogens is 3. The Balaban J connectivity index is 1.61. The first-order valence-electron chi connectivity index (χ1n) is 11.4.